The van der Waals surface area contributed by atoms with Crippen LogP contribution >= 0.6 is 11.8 Å². The fourth-order valence-corrected chi connectivity index (χ4v) is 3.45. The molecule has 2 atom stereocenters. The van der Waals surface area contributed by atoms with Crippen LogP contribution in [0, 0.1) is 17.0 Å². The fourth-order valence-electron chi connectivity index (χ4n) is 2.62. The van der Waals surface area contributed by atoms with Gasteiger partial charge < -0.3 is 5.32 Å². The highest BCUT2D eigenvalue weighted by atomic mass is 32.2. The van der Waals surface area contributed by atoms with Crippen molar-refractivity contribution in [1.82, 2.24) is 0 Å². The van der Waals surface area contributed by atoms with Gasteiger partial charge in [0.1, 0.15) is 5.69 Å². The molecule has 1 fully saturated rings. The van der Waals surface area contributed by atoms with Crippen LogP contribution in [0.15, 0.2) is 18.2 Å². The minimum atomic E-state index is -0.301. The molecule has 5 heteroatoms. The summed E-state index contributed by atoms with van der Waals surface area (Å²) in [6.07, 6.45) is 6.79. The highest BCUT2D eigenvalue weighted by Gasteiger charge is 2.23. The molecule has 0 radical (unpaired) electrons. The summed E-state index contributed by atoms with van der Waals surface area (Å²) in [6.45, 7) is 1.88. The van der Waals surface area contributed by atoms with E-state index >= 15 is 0 Å². The molecule has 0 saturated heterocycles. The average Bonchev–Trinajstić information content (AvgIpc) is 2.41. The second-order valence-electron chi connectivity index (χ2n) is 5.14. The Morgan fingerprint density at radius 1 is 1.42 bits per heavy atom. The van der Waals surface area contributed by atoms with Gasteiger partial charge in [-0.2, -0.15) is 11.8 Å². The van der Waals surface area contributed by atoms with E-state index in [1.807, 2.05) is 30.8 Å². The van der Waals surface area contributed by atoms with E-state index in [4.69, 9.17) is 0 Å². The minimum absolute atomic E-state index is 0.186. The molecule has 0 aliphatic heterocycles. The Morgan fingerprint density at radius 2 is 2.21 bits per heavy atom. The molecule has 104 valence electrons. The molecule has 1 N–H and O–H groups in total. The third kappa shape index (κ3) is 3.62. The van der Waals surface area contributed by atoms with Crippen molar-refractivity contribution in [2.45, 2.75) is 43.9 Å². The van der Waals surface area contributed by atoms with Crippen LogP contribution in [0.2, 0.25) is 0 Å². The molecule has 0 heterocycles. The first-order valence-electron chi connectivity index (χ1n) is 6.64. The topological polar surface area (TPSA) is 55.2 Å². The third-order valence-electron chi connectivity index (χ3n) is 3.67. The van der Waals surface area contributed by atoms with E-state index < -0.39 is 0 Å². The van der Waals surface area contributed by atoms with Gasteiger partial charge in [-0.1, -0.05) is 12.5 Å². The van der Waals surface area contributed by atoms with E-state index in [1.54, 1.807) is 6.07 Å². The third-order valence-corrected chi connectivity index (χ3v) is 4.76. The summed E-state index contributed by atoms with van der Waals surface area (Å²) in [6, 6.07) is 5.74. The van der Waals surface area contributed by atoms with Crippen LogP contribution in [-0.2, 0) is 0 Å². The van der Waals surface area contributed by atoms with E-state index in [0.29, 0.717) is 17.0 Å². The number of nitrogens with zero attached hydrogens (tertiary/aromatic N) is 1. The zero-order chi connectivity index (χ0) is 13.8. The van der Waals surface area contributed by atoms with Gasteiger partial charge in [0.2, 0.25) is 0 Å². The summed E-state index contributed by atoms with van der Waals surface area (Å²) in [5.41, 5.74) is 1.76. The first-order chi connectivity index (χ1) is 9.10. The molecular formula is C14H20N2O2S. The predicted molar refractivity (Wildman–Crippen MR) is 81.0 cm³/mol. The fraction of sp³-hybridized carbons (Fsp3) is 0.571. The van der Waals surface area contributed by atoms with Crippen molar-refractivity contribution < 1.29 is 4.92 Å². The Balaban J connectivity index is 2.12. The van der Waals surface area contributed by atoms with E-state index in [2.05, 4.69) is 11.6 Å². The molecule has 1 aliphatic carbocycles. The number of anilines is 1. The zero-order valence-electron chi connectivity index (χ0n) is 11.4. The lowest BCUT2D eigenvalue weighted by molar-refractivity contribution is -0.384. The smallest absolute Gasteiger partial charge is 0.292 e. The number of aryl methyl sites for hydroxylation is 1. The van der Waals surface area contributed by atoms with Gasteiger partial charge in [-0.05, 0) is 44.1 Å². The molecule has 2 rings (SSSR count). The van der Waals surface area contributed by atoms with Gasteiger partial charge in [0, 0.05) is 17.4 Å². The summed E-state index contributed by atoms with van der Waals surface area (Å²) in [4.78, 5) is 10.8. The number of benzene rings is 1. The molecule has 0 amide bonds. The average molecular weight is 280 g/mol. The molecule has 4 nitrogen and oxygen atoms in total. The van der Waals surface area contributed by atoms with Gasteiger partial charge >= 0.3 is 0 Å². The van der Waals surface area contributed by atoms with Crippen molar-refractivity contribution in [3.05, 3.63) is 33.9 Å². The first kappa shape index (κ1) is 14.2. The summed E-state index contributed by atoms with van der Waals surface area (Å²) in [5.74, 6) is 0. The lowest BCUT2D eigenvalue weighted by atomic mass is 9.94. The molecule has 0 bridgehead atoms. The normalized spacial score (nSPS) is 23.1. The summed E-state index contributed by atoms with van der Waals surface area (Å²) >= 11 is 1.90. The molecular weight excluding hydrogens is 260 g/mol. The number of nitro groups is 1. The van der Waals surface area contributed by atoms with Crippen LogP contribution in [0.5, 0.6) is 0 Å². The van der Waals surface area contributed by atoms with Gasteiger partial charge in [-0.3, -0.25) is 10.1 Å². The van der Waals surface area contributed by atoms with Crippen molar-refractivity contribution in [2.24, 2.45) is 0 Å². The second-order valence-corrected chi connectivity index (χ2v) is 6.28. The van der Waals surface area contributed by atoms with Crippen LogP contribution in [0.3, 0.4) is 0 Å². The summed E-state index contributed by atoms with van der Waals surface area (Å²) < 4.78 is 0. The molecule has 19 heavy (non-hydrogen) atoms. The van der Waals surface area contributed by atoms with Gasteiger partial charge in [0.15, 0.2) is 0 Å². The number of nitrogens with one attached hydrogen (secondary N) is 1. The maximum absolute atomic E-state index is 11.1. The highest BCUT2D eigenvalue weighted by Crippen LogP contribution is 2.32. The maximum atomic E-state index is 11.1. The molecule has 1 aliphatic rings. The zero-order valence-corrected chi connectivity index (χ0v) is 12.2. The van der Waals surface area contributed by atoms with Gasteiger partial charge in [-0.25, -0.2) is 0 Å². The van der Waals surface area contributed by atoms with Gasteiger partial charge in [0.25, 0.3) is 5.69 Å². The van der Waals surface area contributed by atoms with Crippen LogP contribution in [-0.4, -0.2) is 22.5 Å². The number of thioether (sulfide) groups is 1. The first-order valence-corrected chi connectivity index (χ1v) is 7.93. The van der Waals surface area contributed by atoms with Crippen molar-refractivity contribution in [3.63, 3.8) is 0 Å². The molecule has 1 aromatic rings. The maximum Gasteiger partial charge on any atom is 0.292 e. The standard InChI is InChI=1S/C14H20N2O2S/c1-10-6-7-13(14(8-10)16(17)18)15-11-4-3-5-12(9-11)19-2/h6-8,11-12,15H,3-5,9H2,1-2H3. The molecule has 1 saturated carbocycles. The van der Waals surface area contributed by atoms with Crippen molar-refractivity contribution in [2.75, 3.05) is 11.6 Å². The van der Waals surface area contributed by atoms with Crippen molar-refractivity contribution in [1.29, 1.82) is 0 Å². The summed E-state index contributed by atoms with van der Waals surface area (Å²) in [5, 5.41) is 15.1. The Morgan fingerprint density at radius 3 is 2.89 bits per heavy atom. The van der Waals surface area contributed by atoms with E-state index in [0.717, 1.165) is 18.4 Å². The van der Waals surface area contributed by atoms with E-state index in [9.17, 15) is 10.1 Å². The monoisotopic (exact) mass is 280 g/mol. The molecule has 0 aromatic heterocycles. The second kappa shape index (κ2) is 6.28. The van der Waals surface area contributed by atoms with Gasteiger partial charge in [0.05, 0.1) is 4.92 Å². The minimum Gasteiger partial charge on any atom is -0.377 e. The quantitative estimate of drug-likeness (QED) is 0.669. The summed E-state index contributed by atoms with van der Waals surface area (Å²) in [7, 11) is 0. The predicted octanol–water partition coefficient (Wildman–Crippen LogP) is 3.99. The van der Waals surface area contributed by atoms with Gasteiger partial charge in [-0.15, -0.1) is 0 Å². The van der Waals surface area contributed by atoms with Crippen LogP contribution in [0.25, 0.3) is 0 Å². The Bertz CT molecular complexity index is 465. The number of nitro benzene ring substituents is 1. The number of hydrogen-bond donors (Lipinski definition) is 1. The van der Waals surface area contributed by atoms with Crippen LogP contribution in [0.4, 0.5) is 11.4 Å². The van der Waals surface area contributed by atoms with Crippen LogP contribution < -0.4 is 5.32 Å². The van der Waals surface area contributed by atoms with Crippen molar-refractivity contribution in [3.8, 4) is 0 Å². The number of rotatable bonds is 4. The molecule has 0 spiro atoms. The van der Waals surface area contributed by atoms with E-state index in [-0.39, 0.29) is 10.6 Å². The van der Waals surface area contributed by atoms with E-state index in [1.165, 1.54) is 12.8 Å². The SMILES string of the molecule is CSC1CCCC(Nc2ccc(C)cc2[N+](=O)[O-])C1. The number of hydrogen-bond acceptors (Lipinski definition) is 4. The Kier molecular flexibility index (Phi) is 4.69. The Hall–Kier alpha value is -1.23. The van der Waals surface area contributed by atoms with Crippen molar-refractivity contribution >= 4 is 23.1 Å². The largest absolute Gasteiger partial charge is 0.377 e. The molecule has 1 aromatic carbocycles. The lowest BCUT2D eigenvalue weighted by Crippen LogP contribution is -2.28. The Labute approximate surface area is 118 Å². The lowest BCUT2D eigenvalue weighted by Gasteiger charge is -2.29. The highest BCUT2D eigenvalue weighted by molar-refractivity contribution is 7.99. The molecule has 2 unspecified atom stereocenters. The van der Waals surface area contributed by atoms with Crippen LogP contribution in [0.1, 0.15) is 31.2 Å².